The largest absolute Gasteiger partial charge is 0.508 e. The molecule has 3 rings (SSSR count). The molecule has 0 aromatic heterocycles. The Morgan fingerprint density at radius 3 is 2.40 bits per heavy atom. The molecule has 2 aromatic rings. The monoisotopic (exact) mass is 272 g/mol. The molecule has 0 amide bonds. The first-order chi connectivity index (χ1) is 9.69. The fourth-order valence-electron chi connectivity index (χ4n) is 2.37. The van der Waals surface area contributed by atoms with Crippen LogP contribution in [0.1, 0.15) is 24.0 Å². The van der Waals surface area contributed by atoms with Crippen LogP contribution < -0.4 is 14.2 Å². The first kappa shape index (κ1) is 12.7. The number of rotatable bonds is 3. The van der Waals surface area contributed by atoms with Crippen molar-refractivity contribution in [1.29, 1.82) is 0 Å². The van der Waals surface area contributed by atoms with Gasteiger partial charge in [-0.15, -0.1) is 0 Å². The number of ether oxygens (including phenoxy) is 3. The topological polar surface area (TPSA) is 47.9 Å². The van der Waals surface area contributed by atoms with E-state index < -0.39 is 0 Å². The van der Waals surface area contributed by atoms with Gasteiger partial charge in [-0.2, -0.15) is 0 Å². The smallest absolute Gasteiger partial charge is 0.231 e. The summed E-state index contributed by atoms with van der Waals surface area (Å²) >= 11 is 0. The molecular weight excluding hydrogens is 256 g/mol. The summed E-state index contributed by atoms with van der Waals surface area (Å²) in [4.78, 5) is 0. The maximum atomic E-state index is 10.1. The van der Waals surface area contributed by atoms with Gasteiger partial charge in [0.1, 0.15) is 11.5 Å². The highest BCUT2D eigenvalue weighted by molar-refractivity contribution is 5.54. The zero-order chi connectivity index (χ0) is 14.1. The van der Waals surface area contributed by atoms with Crippen molar-refractivity contribution in [3.05, 3.63) is 47.5 Å². The van der Waals surface area contributed by atoms with Crippen LogP contribution in [0.5, 0.6) is 23.0 Å². The fraction of sp³-hybridized carbons (Fsp3) is 0.250. The van der Waals surface area contributed by atoms with Gasteiger partial charge in [0.05, 0.1) is 7.11 Å². The summed E-state index contributed by atoms with van der Waals surface area (Å²) in [6.07, 6.45) is 0. The molecule has 0 saturated heterocycles. The van der Waals surface area contributed by atoms with E-state index in [0.717, 1.165) is 16.9 Å². The van der Waals surface area contributed by atoms with Crippen LogP contribution in [-0.4, -0.2) is 19.0 Å². The first-order valence-corrected chi connectivity index (χ1v) is 6.45. The standard InChI is InChI=1S/C16H16O4/c1-10(11-3-5-12(18-2)6-4-11)13-7-15-16(8-14(13)17)20-9-19-15/h3-8,10,17H,9H2,1-2H3/t10-/m1/s1. The van der Waals surface area contributed by atoms with Crippen LogP contribution in [0.3, 0.4) is 0 Å². The maximum absolute atomic E-state index is 10.1. The highest BCUT2D eigenvalue weighted by atomic mass is 16.7. The second-order valence-electron chi connectivity index (χ2n) is 4.76. The lowest BCUT2D eigenvalue weighted by Crippen LogP contribution is -1.97. The quantitative estimate of drug-likeness (QED) is 0.931. The molecule has 0 saturated carbocycles. The lowest BCUT2D eigenvalue weighted by atomic mass is 9.92. The second-order valence-corrected chi connectivity index (χ2v) is 4.76. The van der Waals surface area contributed by atoms with E-state index in [-0.39, 0.29) is 18.5 Å². The summed E-state index contributed by atoms with van der Waals surface area (Å²) in [5, 5.41) is 10.1. The number of phenols is 1. The predicted octanol–water partition coefficient (Wildman–Crippen LogP) is 3.28. The lowest BCUT2D eigenvalue weighted by Gasteiger charge is -2.15. The third-order valence-corrected chi connectivity index (χ3v) is 3.60. The van der Waals surface area contributed by atoms with E-state index in [0.29, 0.717) is 11.5 Å². The minimum atomic E-state index is 0.0513. The van der Waals surface area contributed by atoms with Gasteiger partial charge < -0.3 is 19.3 Å². The molecule has 0 radical (unpaired) electrons. The summed E-state index contributed by atoms with van der Waals surface area (Å²) < 4.78 is 15.8. The Bertz CT molecular complexity index is 619. The van der Waals surface area contributed by atoms with Crippen molar-refractivity contribution in [2.45, 2.75) is 12.8 Å². The van der Waals surface area contributed by atoms with Crippen molar-refractivity contribution < 1.29 is 19.3 Å². The van der Waals surface area contributed by atoms with Crippen LogP contribution in [0.25, 0.3) is 0 Å². The van der Waals surface area contributed by atoms with Crippen LogP contribution >= 0.6 is 0 Å². The molecule has 1 N–H and O–H groups in total. The Morgan fingerprint density at radius 1 is 1.10 bits per heavy atom. The van der Waals surface area contributed by atoms with Crippen molar-refractivity contribution in [3.8, 4) is 23.0 Å². The Labute approximate surface area is 117 Å². The van der Waals surface area contributed by atoms with E-state index in [4.69, 9.17) is 14.2 Å². The Morgan fingerprint density at radius 2 is 1.75 bits per heavy atom. The predicted molar refractivity (Wildman–Crippen MR) is 74.7 cm³/mol. The fourth-order valence-corrected chi connectivity index (χ4v) is 2.37. The van der Waals surface area contributed by atoms with Crippen LogP contribution in [0.2, 0.25) is 0 Å². The molecule has 20 heavy (non-hydrogen) atoms. The van der Waals surface area contributed by atoms with E-state index in [1.165, 1.54) is 0 Å². The molecule has 104 valence electrons. The zero-order valence-electron chi connectivity index (χ0n) is 11.4. The molecule has 0 fully saturated rings. The molecule has 4 nitrogen and oxygen atoms in total. The van der Waals surface area contributed by atoms with Crippen molar-refractivity contribution in [3.63, 3.8) is 0 Å². The summed E-state index contributed by atoms with van der Waals surface area (Å²) in [6.45, 7) is 2.24. The van der Waals surface area contributed by atoms with Crippen LogP contribution in [0.4, 0.5) is 0 Å². The molecule has 0 spiro atoms. The van der Waals surface area contributed by atoms with Crippen molar-refractivity contribution in [1.82, 2.24) is 0 Å². The molecule has 0 unspecified atom stereocenters. The molecular formula is C16H16O4. The summed E-state index contributed by atoms with van der Waals surface area (Å²) in [5.74, 6) is 2.36. The number of methoxy groups -OCH3 is 1. The van der Waals surface area contributed by atoms with E-state index in [2.05, 4.69) is 0 Å². The molecule has 1 atom stereocenters. The minimum Gasteiger partial charge on any atom is -0.508 e. The average Bonchev–Trinajstić information content (AvgIpc) is 2.93. The average molecular weight is 272 g/mol. The van der Waals surface area contributed by atoms with Crippen molar-refractivity contribution in [2.24, 2.45) is 0 Å². The molecule has 4 heteroatoms. The van der Waals surface area contributed by atoms with E-state index in [1.54, 1.807) is 13.2 Å². The van der Waals surface area contributed by atoms with Gasteiger partial charge in [0.2, 0.25) is 6.79 Å². The number of fused-ring (bicyclic) bond motifs is 1. The van der Waals surface area contributed by atoms with Gasteiger partial charge in [0.25, 0.3) is 0 Å². The maximum Gasteiger partial charge on any atom is 0.231 e. The van der Waals surface area contributed by atoms with Gasteiger partial charge in [0.15, 0.2) is 11.5 Å². The van der Waals surface area contributed by atoms with Gasteiger partial charge in [-0.05, 0) is 23.8 Å². The van der Waals surface area contributed by atoms with Gasteiger partial charge in [0, 0.05) is 17.5 Å². The number of hydrogen-bond donors (Lipinski definition) is 1. The van der Waals surface area contributed by atoms with E-state index >= 15 is 0 Å². The first-order valence-electron chi connectivity index (χ1n) is 6.45. The molecule has 1 aliphatic rings. The summed E-state index contributed by atoms with van der Waals surface area (Å²) in [7, 11) is 1.64. The third-order valence-electron chi connectivity index (χ3n) is 3.60. The molecule has 1 aliphatic heterocycles. The van der Waals surface area contributed by atoms with Crippen LogP contribution in [0.15, 0.2) is 36.4 Å². The number of phenolic OH excluding ortho intramolecular Hbond substituents is 1. The van der Waals surface area contributed by atoms with Gasteiger partial charge in [-0.3, -0.25) is 0 Å². The molecule has 0 bridgehead atoms. The number of benzene rings is 2. The minimum absolute atomic E-state index is 0.0513. The number of hydrogen-bond acceptors (Lipinski definition) is 4. The normalized spacial score (nSPS) is 14.1. The SMILES string of the molecule is COc1ccc([C@@H](C)c2cc3c(cc2O)OCO3)cc1. The third kappa shape index (κ3) is 2.13. The van der Waals surface area contributed by atoms with E-state index in [1.807, 2.05) is 37.3 Å². The van der Waals surface area contributed by atoms with Crippen LogP contribution in [0, 0.1) is 0 Å². The molecule has 2 aromatic carbocycles. The van der Waals surface area contributed by atoms with Gasteiger partial charge >= 0.3 is 0 Å². The molecule has 0 aliphatic carbocycles. The van der Waals surface area contributed by atoms with Crippen molar-refractivity contribution >= 4 is 0 Å². The van der Waals surface area contributed by atoms with Crippen molar-refractivity contribution in [2.75, 3.05) is 13.9 Å². The Hall–Kier alpha value is -2.36. The highest BCUT2D eigenvalue weighted by Gasteiger charge is 2.20. The lowest BCUT2D eigenvalue weighted by molar-refractivity contribution is 0.174. The zero-order valence-corrected chi connectivity index (χ0v) is 11.4. The highest BCUT2D eigenvalue weighted by Crippen LogP contribution is 2.41. The Kier molecular flexibility index (Phi) is 3.14. The second kappa shape index (κ2) is 4.96. The van der Waals surface area contributed by atoms with Crippen LogP contribution in [-0.2, 0) is 0 Å². The van der Waals surface area contributed by atoms with E-state index in [9.17, 15) is 5.11 Å². The van der Waals surface area contributed by atoms with Gasteiger partial charge in [-0.25, -0.2) is 0 Å². The summed E-state index contributed by atoms with van der Waals surface area (Å²) in [6, 6.07) is 11.3. The molecule has 1 heterocycles. The number of aromatic hydroxyl groups is 1. The van der Waals surface area contributed by atoms with Gasteiger partial charge in [-0.1, -0.05) is 19.1 Å². The Balaban J connectivity index is 1.95. The summed E-state index contributed by atoms with van der Waals surface area (Å²) in [5.41, 5.74) is 1.92.